The molecule has 2 aromatic rings. The van der Waals surface area contributed by atoms with Crippen LogP contribution in [0.1, 0.15) is 36.8 Å². The number of aromatic nitrogens is 3. The Morgan fingerprint density at radius 3 is 2.45 bits per heavy atom. The minimum absolute atomic E-state index is 0.127. The van der Waals surface area contributed by atoms with Crippen LogP contribution in [0.25, 0.3) is 0 Å². The van der Waals surface area contributed by atoms with Crippen molar-refractivity contribution in [3.63, 3.8) is 0 Å². The van der Waals surface area contributed by atoms with Crippen molar-refractivity contribution in [3.05, 3.63) is 41.5 Å². The standard InChI is InChI=1S/C14H20N6/c1-4-12-18-13(9(2)14(19-12)20-15)17-10(3)11-5-7-16-8-6-11/h5-8,10H,4,15H2,1-3H3,(H2,17,18,19,20). The molecule has 6 nitrogen and oxygen atoms in total. The van der Waals surface area contributed by atoms with E-state index in [-0.39, 0.29) is 6.04 Å². The Morgan fingerprint density at radius 1 is 1.20 bits per heavy atom. The summed E-state index contributed by atoms with van der Waals surface area (Å²) in [6, 6.07) is 4.09. The van der Waals surface area contributed by atoms with E-state index in [1.807, 2.05) is 26.0 Å². The molecular formula is C14H20N6. The second-order valence-corrected chi connectivity index (χ2v) is 4.61. The van der Waals surface area contributed by atoms with Crippen LogP contribution in [-0.4, -0.2) is 15.0 Å². The minimum Gasteiger partial charge on any atom is -0.363 e. The van der Waals surface area contributed by atoms with Gasteiger partial charge in [-0.05, 0) is 31.5 Å². The SMILES string of the molecule is CCc1nc(NN)c(C)c(NC(C)c2ccncc2)n1. The highest BCUT2D eigenvalue weighted by molar-refractivity contribution is 5.57. The Bertz CT molecular complexity index is 569. The number of nitrogens with two attached hydrogens (primary N) is 1. The van der Waals surface area contributed by atoms with Gasteiger partial charge < -0.3 is 10.7 Å². The first kappa shape index (κ1) is 14.2. The van der Waals surface area contributed by atoms with Crippen LogP contribution in [0.2, 0.25) is 0 Å². The third-order valence-electron chi connectivity index (χ3n) is 3.20. The Balaban J connectivity index is 2.28. The smallest absolute Gasteiger partial charge is 0.148 e. The van der Waals surface area contributed by atoms with Gasteiger partial charge in [0.1, 0.15) is 17.5 Å². The molecule has 106 valence electrons. The summed E-state index contributed by atoms with van der Waals surface area (Å²) >= 11 is 0. The van der Waals surface area contributed by atoms with Crippen LogP contribution >= 0.6 is 0 Å². The maximum atomic E-state index is 5.51. The van der Waals surface area contributed by atoms with E-state index in [0.29, 0.717) is 5.82 Å². The maximum Gasteiger partial charge on any atom is 0.148 e. The number of rotatable bonds is 5. The number of anilines is 2. The summed E-state index contributed by atoms with van der Waals surface area (Å²) in [5.41, 5.74) is 4.68. The molecule has 1 atom stereocenters. The largest absolute Gasteiger partial charge is 0.363 e. The Labute approximate surface area is 118 Å². The molecule has 1 unspecified atom stereocenters. The van der Waals surface area contributed by atoms with Crippen LogP contribution in [-0.2, 0) is 6.42 Å². The molecule has 20 heavy (non-hydrogen) atoms. The van der Waals surface area contributed by atoms with Crippen molar-refractivity contribution in [1.29, 1.82) is 0 Å². The lowest BCUT2D eigenvalue weighted by molar-refractivity contribution is 0.849. The van der Waals surface area contributed by atoms with Gasteiger partial charge >= 0.3 is 0 Å². The third kappa shape index (κ3) is 3.03. The Hall–Kier alpha value is -2.21. The fraction of sp³-hybridized carbons (Fsp3) is 0.357. The van der Waals surface area contributed by atoms with E-state index in [1.165, 1.54) is 0 Å². The monoisotopic (exact) mass is 272 g/mol. The van der Waals surface area contributed by atoms with Crippen LogP contribution in [0.3, 0.4) is 0 Å². The predicted molar refractivity (Wildman–Crippen MR) is 80.2 cm³/mol. The molecular weight excluding hydrogens is 252 g/mol. The molecule has 0 amide bonds. The lowest BCUT2D eigenvalue weighted by atomic mass is 10.1. The molecule has 4 N–H and O–H groups in total. The number of hydrogen-bond donors (Lipinski definition) is 3. The molecule has 0 aromatic carbocycles. The zero-order valence-corrected chi connectivity index (χ0v) is 12.0. The highest BCUT2D eigenvalue weighted by Crippen LogP contribution is 2.24. The van der Waals surface area contributed by atoms with Gasteiger partial charge in [-0.25, -0.2) is 15.8 Å². The van der Waals surface area contributed by atoms with E-state index >= 15 is 0 Å². The van der Waals surface area contributed by atoms with Gasteiger partial charge in [0.25, 0.3) is 0 Å². The van der Waals surface area contributed by atoms with Gasteiger partial charge in [0.05, 0.1) is 6.04 Å². The van der Waals surface area contributed by atoms with E-state index < -0.39 is 0 Å². The molecule has 0 bridgehead atoms. The van der Waals surface area contributed by atoms with Crippen molar-refractivity contribution in [2.24, 2.45) is 5.84 Å². The first-order valence-electron chi connectivity index (χ1n) is 6.66. The maximum absolute atomic E-state index is 5.51. The molecule has 0 aliphatic rings. The zero-order valence-electron chi connectivity index (χ0n) is 12.0. The molecule has 0 saturated heterocycles. The van der Waals surface area contributed by atoms with E-state index in [4.69, 9.17) is 5.84 Å². The molecule has 2 aromatic heterocycles. The molecule has 0 radical (unpaired) electrons. The third-order valence-corrected chi connectivity index (χ3v) is 3.20. The minimum atomic E-state index is 0.127. The fourth-order valence-corrected chi connectivity index (χ4v) is 1.94. The first-order chi connectivity index (χ1) is 9.65. The van der Waals surface area contributed by atoms with Crippen molar-refractivity contribution in [1.82, 2.24) is 15.0 Å². The molecule has 0 aliphatic carbocycles. The number of nitrogens with zero attached hydrogens (tertiary/aromatic N) is 3. The summed E-state index contributed by atoms with van der Waals surface area (Å²) in [5.74, 6) is 7.72. The summed E-state index contributed by atoms with van der Waals surface area (Å²) in [5, 5.41) is 3.40. The van der Waals surface area contributed by atoms with Crippen LogP contribution < -0.4 is 16.6 Å². The van der Waals surface area contributed by atoms with Gasteiger partial charge in [-0.3, -0.25) is 4.98 Å². The molecule has 6 heteroatoms. The Morgan fingerprint density at radius 2 is 1.85 bits per heavy atom. The molecule has 0 aliphatic heterocycles. The highest BCUT2D eigenvalue weighted by Gasteiger charge is 2.12. The van der Waals surface area contributed by atoms with E-state index in [0.717, 1.165) is 29.2 Å². The average Bonchev–Trinajstić information content (AvgIpc) is 2.50. The summed E-state index contributed by atoms with van der Waals surface area (Å²) < 4.78 is 0. The van der Waals surface area contributed by atoms with Gasteiger partial charge in [-0.2, -0.15) is 0 Å². The number of hydrazine groups is 1. The number of pyridine rings is 1. The van der Waals surface area contributed by atoms with Crippen LogP contribution in [0.4, 0.5) is 11.6 Å². The second-order valence-electron chi connectivity index (χ2n) is 4.61. The number of nitrogens with one attached hydrogen (secondary N) is 2. The first-order valence-corrected chi connectivity index (χ1v) is 6.66. The van der Waals surface area contributed by atoms with Gasteiger partial charge in [0.15, 0.2) is 0 Å². The van der Waals surface area contributed by atoms with Crippen molar-refractivity contribution < 1.29 is 0 Å². The average molecular weight is 272 g/mol. The van der Waals surface area contributed by atoms with Crippen LogP contribution in [0.5, 0.6) is 0 Å². The highest BCUT2D eigenvalue weighted by atomic mass is 15.3. The Kier molecular flexibility index (Phi) is 4.47. The van der Waals surface area contributed by atoms with E-state index in [2.05, 4.69) is 32.6 Å². The van der Waals surface area contributed by atoms with Gasteiger partial charge in [0, 0.05) is 24.4 Å². The lowest BCUT2D eigenvalue weighted by Crippen LogP contribution is -2.16. The summed E-state index contributed by atoms with van der Waals surface area (Å²) in [7, 11) is 0. The predicted octanol–water partition coefficient (Wildman–Crippen LogP) is 2.20. The number of hydrogen-bond acceptors (Lipinski definition) is 6. The van der Waals surface area contributed by atoms with Crippen molar-refractivity contribution in [3.8, 4) is 0 Å². The van der Waals surface area contributed by atoms with E-state index in [9.17, 15) is 0 Å². The van der Waals surface area contributed by atoms with Crippen LogP contribution in [0.15, 0.2) is 24.5 Å². The zero-order chi connectivity index (χ0) is 14.5. The molecule has 2 heterocycles. The van der Waals surface area contributed by atoms with Crippen molar-refractivity contribution in [2.75, 3.05) is 10.7 Å². The van der Waals surface area contributed by atoms with Crippen molar-refractivity contribution >= 4 is 11.6 Å². The quantitative estimate of drug-likeness (QED) is 0.571. The molecule has 0 fully saturated rings. The molecule has 0 spiro atoms. The van der Waals surface area contributed by atoms with Gasteiger partial charge in [0.2, 0.25) is 0 Å². The number of aryl methyl sites for hydroxylation is 1. The summed E-state index contributed by atoms with van der Waals surface area (Å²) in [6.45, 7) is 6.04. The van der Waals surface area contributed by atoms with Crippen LogP contribution in [0, 0.1) is 6.92 Å². The van der Waals surface area contributed by atoms with E-state index in [1.54, 1.807) is 12.4 Å². The lowest BCUT2D eigenvalue weighted by Gasteiger charge is -2.18. The molecule has 2 rings (SSSR count). The van der Waals surface area contributed by atoms with Gasteiger partial charge in [-0.15, -0.1) is 0 Å². The van der Waals surface area contributed by atoms with Gasteiger partial charge in [-0.1, -0.05) is 6.92 Å². The topological polar surface area (TPSA) is 88.8 Å². The normalized spacial score (nSPS) is 12.0. The summed E-state index contributed by atoms with van der Waals surface area (Å²) in [6.07, 6.45) is 4.32. The van der Waals surface area contributed by atoms with Crippen molar-refractivity contribution in [2.45, 2.75) is 33.2 Å². The second kappa shape index (κ2) is 6.29. The molecule has 0 saturated carbocycles. The number of nitrogen functional groups attached to an aromatic ring is 1. The summed E-state index contributed by atoms with van der Waals surface area (Å²) in [4.78, 5) is 12.9. The fourth-order valence-electron chi connectivity index (χ4n) is 1.94.